The van der Waals surface area contributed by atoms with Crippen LogP contribution in [0.3, 0.4) is 0 Å². The van der Waals surface area contributed by atoms with Gasteiger partial charge in [-0.05, 0) is 67.0 Å². The fraction of sp³-hybridized carbons (Fsp3) is 0.462. The largest absolute Gasteiger partial charge is 0.507 e. The Balaban J connectivity index is 0.000000248. The van der Waals surface area contributed by atoms with Crippen molar-refractivity contribution in [3.63, 3.8) is 0 Å². The highest BCUT2D eigenvalue weighted by Gasteiger charge is 2.34. The number of aromatic hydroxyl groups is 1. The molecule has 3 atom stereocenters. The van der Waals surface area contributed by atoms with Crippen molar-refractivity contribution >= 4 is 17.6 Å². The fourth-order valence-electron chi connectivity index (χ4n) is 4.14. The molecule has 0 amide bonds. The number of benzene rings is 2. The van der Waals surface area contributed by atoms with Crippen LogP contribution < -0.4 is 5.73 Å². The summed E-state index contributed by atoms with van der Waals surface area (Å²) in [7, 11) is 0. The minimum atomic E-state index is -1.04. The molecule has 2 aromatic carbocycles. The minimum absolute atomic E-state index is 0.0179. The maximum atomic E-state index is 12.1. The number of anilines is 1. The normalized spacial score (nSPS) is 19.8. The number of para-hydroxylation sites is 1. The van der Waals surface area contributed by atoms with Gasteiger partial charge < -0.3 is 30.5 Å². The second-order valence-corrected chi connectivity index (χ2v) is 9.51. The van der Waals surface area contributed by atoms with Gasteiger partial charge >= 0.3 is 11.9 Å². The number of hydrogen-bond donors (Lipinski definition) is 4. The number of esters is 2. The number of carbonyl (C=O) groups excluding carboxylic acids is 2. The average Bonchev–Trinajstić information content (AvgIpc) is 2.77. The van der Waals surface area contributed by atoms with Gasteiger partial charge in [-0.2, -0.15) is 0 Å². The molecular formula is C26H35NO7. The van der Waals surface area contributed by atoms with E-state index in [1.54, 1.807) is 30.3 Å². The molecule has 0 aliphatic heterocycles. The first-order valence-corrected chi connectivity index (χ1v) is 11.3. The van der Waals surface area contributed by atoms with Crippen LogP contribution in [-0.4, -0.2) is 52.7 Å². The Morgan fingerprint density at radius 1 is 1.09 bits per heavy atom. The van der Waals surface area contributed by atoms with Crippen LogP contribution in [0.5, 0.6) is 5.75 Å². The van der Waals surface area contributed by atoms with E-state index in [0.29, 0.717) is 17.2 Å². The van der Waals surface area contributed by atoms with E-state index in [0.717, 1.165) is 19.3 Å². The lowest BCUT2D eigenvalue weighted by molar-refractivity contribution is -0.00737. The van der Waals surface area contributed by atoms with Crippen molar-refractivity contribution in [3.8, 4) is 5.75 Å². The zero-order valence-corrected chi connectivity index (χ0v) is 19.9. The molecule has 34 heavy (non-hydrogen) atoms. The molecule has 1 aliphatic carbocycles. The Kier molecular flexibility index (Phi) is 9.89. The van der Waals surface area contributed by atoms with Crippen LogP contribution in [0.1, 0.15) is 60.7 Å². The molecule has 0 spiro atoms. The standard InChI is InChI=1S/C16H22O3.C10H13NO4/c1-11-8-12(10-16(2,3)9-11)19-15(18)13-6-4-5-7-14(13)17;11-8-3-1-7(2-4-8)10(14)15-6-9(13)5-12/h4-7,11-12,17H,8-10H2,1-3H3;1-4,9,12-13H,5-6,11H2. The van der Waals surface area contributed by atoms with Gasteiger partial charge in [0.2, 0.25) is 0 Å². The molecule has 2 aromatic rings. The van der Waals surface area contributed by atoms with Crippen LogP contribution in [0.25, 0.3) is 0 Å². The molecule has 0 bridgehead atoms. The van der Waals surface area contributed by atoms with Gasteiger partial charge in [-0.15, -0.1) is 0 Å². The Morgan fingerprint density at radius 2 is 1.74 bits per heavy atom. The van der Waals surface area contributed by atoms with E-state index in [1.165, 1.54) is 18.2 Å². The van der Waals surface area contributed by atoms with E-state index in [9.17, 15) is 14.7 Å². The van der Waals surface area contributed by atoms with Gasteiger partial charge in [0.25, 0.3) is 0 Å². The number of nitrogens with two attached hydrogens (primary N) is 1. The summed E-state index contributed by atoms with van der Waals surface area (Å²) < 4.78 is 10.3. The van der Waals surface area contributed by atoms with Crippen LogP contribution >= 0.6 is 0 Å². The van der Waals surface area contributed by atoms with Gasteiger partial charge in [0, 0.05) is 5.69 Å². The first-order chi connectivity index (χ1) is 16.0. The zero-order valence-electron chi connectivity index (χ0n) is 19.9. The third-order valence-electron chi connectivity index (χ3n) is 5.51. The van der Waals surface area contributed by atoms with Crippen LogP contribution in [-0.2, 0) is 9.47 Å². The molecular weight excluding hydrogens is 438 g/mol. The van der Waals surface area contributed by atoms with Crippen LogP contribution in [0.2, 0.25) is 0 Å². The van der Waals surface area contributed by atoms with E-state index >= 15 is 0 Å². The fourth-order valence-corrected chi connectivity index (χ4v) is 4.14. The number of aliphatic hydroxyl groups is 2. The third-order valence-corrected chi connectivity index (χ3v) is 5.51. The summed E-state index contributed by atoms with van der Waals surface area (Å²) in [5.74, 6) is -0.433. The predicted molar refractivity (Wildman–Crippen MR) is 128 cm³/mol. The summed E-state index contributed by atoms with van der Waals surface area (Å²) >= 11 is 0. The van der Waals surface area contributed by atoms with E-state index in [-0.39, 0.29) is 29.4 Å². The minimum Gasteiger partial charge on any atom is -0.507 e. The predicted octanol–water partition coefficient (Wildman–Crippen LogP) is 3.54. The molecule has 1 aliphatic rings. The number of carbonyl (C=O) groups is 2. The van der Waals surface area contributed by atoms with Gasteiger partial charge in [-0.25, -0.2) is 9.59 Å². The van der Waals surface area contributed by atoms with Crippen molar-refractivity contribution in [2.24, 2.45) is 11.3 Å². The quantitative estimate of drug-likeness (QED) is 0.369. The average molecular weight is 474 g/mol. The Bertz CT molecular complexity index is 942. The smallest absolute Gasteiger partial charge is 0.342 e. The molecule has 3 unspecified atom stereocenters. The maximum Gasteiger partial charge on any atom is 0.342 e. The van der Waals surface area contributed by atoms with E-state index in [4.69, 9.17) is 25.4 Å². The topological polar surface area (TPSA) is 139 Å². The SMILES string of the molecule is CC1CC(OC(=O)c2ccccc2O)CC(C)(C)C1.Nc1ccc(C(=O)OCC(O)CO)cc1. The van der Waals surface area contributed by atoms with Gasteiger partial charge in [0.1, 0.15) is 30.1 Å². The van der Waals surface area contributed by atoms with Crippen molar-refractivity contribution in [1.29, 1.82) is 0 Å². The van der Waals surface area contributed by atoms with Crippen LogP contribution in [0, 0.1) is 11.3 Å². The number of rotatable bonds is 6. The number of ether oxygens (including phenoxy) is 2. The number of aliphatic hydroxyl groups excluding tert-OH is 2. The molecule has 0 aromatic heterocycles. The third kappa shape index (κ3) is 8.68. The van der Waals surface area contributed by atoms with Crippen molar-refractivity contribution in [3.05, 3.63) is 59.7 Å². The summed E-state index contributed by atoms with van der Waals surface area (Å²) in [5, 5.41) is 27.1. The molecule has 186 valence electrons. The first kappa shape index (κ1) is 27.1. The highest BCUT2D eigenvalue weighted by atomic mass is 16.5. The molecule has 8 nitrogen and oxygen atoms in total. The van der Waals surface area contributed by atoms with Crippen molar-refractivity contribution in [2.75, 3.05) is 18.9 Å². The maximum absolute atomic E-state index is 12.1. The molecule has 0 heterocycles. The highest BCUT2D eigenvalue weighted by Crippen LogP contribution is 2.40. The van der Waals surface area contributed by atoms with Crippen molar-refractivity contribution < 1.29 is 34.4 Å². The molecule has 0 radical (unpaired) electrons. The Morgan fingerprint density at radius 3 is 2.32 bits per heavy atom. The lowest BCUT2D eigenvalue weighted by atomic mass is 9.71. The number of phenols is 1. The number of hydrogen-bond acceptors (Lipinski definition) is 8. The Hall–Kier alpha value is -3.10. The molecule has 0 saturated heterocycles. The van der Waals surface area contributed by atoms with Gasteiger partial charge in [-0.3, -0.25) is 0 Å². The lowest BCUT2D eigenvalue weighted by Crippen LogP contribution is -2.34. The molecule has 5 N–H and O–H groups in total. The van der Waals surface area contributed by atoms with Crippen molar-refractivity contribution in [1.82, 2.24) is 0 Å². The van der Waals surface area contributed by atoms with Gasteiger partial charge in [0.15, 0.2) is 0 Å². The molecule has 1 saturated carbocycles. The van der Waals surface area contributed by atoms with Crippen LogP contribution in [0.4, 0.5) is 5.69 Å². The summed E-state index contributed by atoms with van der Waals surface area (Å²) in [6, 6.07) is 12.7. The first-order valence-electron chi connectivity index (χ1n) is 11.3. The summed E-state index contributed by atoms with van der Waals surface area (Å²) in [4.78, 5) is 23.4. The second kappa shape index (κ2) is 12.4. The van der Waals surface area contributed by atoms with Crippen LogP contribution in [0.15, 0.2) is 48.5 Å². The monoisotopic (exact) mass is 473 g/mol. The summed E-state index contributed by atoms with van der Waals surface area (Å²) in [5.41, 5.74) is 6.82. The lowest BCUT2D eigenvalue weighted by Gasteiger charge is -2.38. The van der Waals surface area contributed by atoms with Crippen molar-refractivity contribution in [2.45, 2.75) is 52.2 Å². The number of nitrogen functional groups attached to an aromatic ring is 1. The highest BCUT2D eigenvalue weighted by molar-refractivity contribution is 5.92. The summed E-state index contributed by atoms with van der Waals surface area (Å²) in [6.45, 7) is 5.96. The van der Waals surface area contributed by atoms with E-state index in [1.807, 2.05) is 0 Å². The molecule has 1 fully saturated rings. The van der Waals surface area contributed by atoms with Gasteiger partial charge in [0.05, 0.1) is 12.2 Å². The molecule has 8 heteroatoms. The molecule has 3 rings (SSSR count). The zero-order chi connectivity index (χ0) is 25.3. The van der Waals surface area contributed by atoms with E-state index < -0.39 is 24.6 Å². The Labute approximate surface area is 200 Å². The van der Waals surface area contributed by atoms with Gasteiger partial charge in [-0.1, -0.05) is 32.9 Å². The summed E-state index contributed by atoms with van der Waals surface area (Å²) in [6.07, 6.45) is 1.87. The number of phenolic OH excluding ortho intramolecular Hbond substituents is 1. The van der Waals surface area contributed by atoms with E-state index in [2.05, 4.69) is 20.8 Å². The second-order valence-electron chi connectivity index (χ2n) is 9.51.